The van der Waals surface area contributed by atoms with Gasteiger partial charge in [0.2, 0.25) is 0 Å². The van der Waals surface area contributed by atoms with Crippen molar-refractivity contribution in [1.29, 1.82) is 0 Å². The third-order valence-corrected chi connectivity index (χ3v) is 2.71. The summed E-state index contributed by atoms with van der Waals surface area (Å²) in [4.78, 5) is 14.8. The number of carbonyl (C=O) groups is 1. The minimum atomic E-state index is -1.10. The van der Waals surface area contributed by atoms with Crippen LogP contribution in [0.25, 0.3) is 11.1 Å². The summed E-state index contributed by atoms with van der Waals surface area (Å²) in [6.45, 7) is 0. The number of ether oxygens (including phenoxy) is 1. The summed E-state index contributed by atoms with van der Waals surface area (Å²) in [7, 11) is 0. The van der Waals surface area contributed by atoms with Gasteiger partial charge in [-0.15, -0.1) is 0 Å². The Balaban J connectivity index is 1.93. The normalized spacial score (nSPS) is 10.8. The number of carboxylic acid groups (broad SMARTS) is 1. The molecule has 0 saturated carbocycles. The molecule has 0 aliphatic carbocycles. The van der Waals surface area contributed by atoms with Crippen LogP contribution in [-0.4, -0.2) is 16.1 Å². The van der Waals surface area contributed by atoms with E-state index in [9.17, 15) is 13.6 Å². The first-order valence-electron chi connectivity index (χ1n) is 5.80. The van der Waals surface area contributed by atoms with Crippen LogP contribution in [-0.2, 0) is 0 Å². The van der Waals surface area contributed by atoms with Gasteiger partial charge in [-0.25, -0.2) is 13.6 Å². The summed E-state index contributed by atoms with van der Waals surface area (Å²) in [5.41, 5.74) is 0.642. The van der Waals surface area contributed by atoms with Crippen molar-refractivity contribution in [2.75, 3.05) is 0 Å². The van der Waals surface area contributed by atoms with E-state index in [4.69, 9.17) is 14.3 Å². The van der Waals surface area contributed by atoms with Crippen molar-refractivity contribution in [3.05, 3.63) is 53.6 Å². The standard InChI is InChI=1S/C14H7F2NO4/c15-9-3-2-8(6-10(9)16)20-14-17-11-4-1-7(13(18)19)5-12(11)21-14/h1-6H,(H,18,19). The molecule has 3 aromatic rings. The van der Waals surface area contributed by atoms with Crippen LogP contribution < -0.4 is 4.74 Å². The van der Waals surface area contributed by atoms with Gasteiger partial charge < -0.3 is 14.3 Å². The number of aromatic carboxylic acids is 1. The van der Waals surface area contributed by atoms with Crippen LogP contribution in [0.5, 0.6) is 11.8 Å². The van der Waals surface area contributed by atoms with Crippen molar-refractivity contribution in [1.82, 2.24) is 4.98 Å². The van der Waals surface area contributed by atoms with Crippen molar-refractivity contribution < 1.29 is 27.8 Å². The Kier molecular flexibility index (Phi) is 3.02. The lowest BCUT2D eigenvalue weighted by molar-refractivity contribution is 0.0697. The molecule has 5 nitrogen and oxygen atoms in total. The number of oxazole rings is 1. The molecule has 1 heterocycles. The number of aromatic nitrogens is 1. The SMILES string of the molecule is O=C(O)c1ccc2nc(Oc3ccc(F)c(F)c3)oc2c1. The van der Waals surface area contributed by atoms with Crippen molar-refractivity contribution >= 4 is 17.1 Å². The first-order valence-corrected chi connectivity index (χ1v) is 5.80. The van der Waals surface area contributed by atoms with Gasteiger partial charge in [-0.2, -0.15) is 4.98 Å². The van der Waals surface area contributed by atoms with Crippen LogP contribution in [0.1, 0.15) is 10.4 Å². The third-order valence-electron chi connectivity index (χ3n) is 2.71. The van der Waals surface area contributed by atoms with Gasteiger partial charge in [0, 0.05) is 6.07 Å². The molecule has 21 heavy (non-hydrogen) atoms. The average Bonchev–Trinajstić information content (AvgIpc) is 2.84. The van der Waals surface area contributed by atoms with E-state index in [2.05, 4.69) is 4.98 Å². The highest BCUT2D eigenvalue weighted by molar-refractivity contribution is 5.91. The van der Waals surface area contributed by atoms with Crippen LogP contribution in [0.4, 0.5) is 8.78 Å². The predicted molar refractivity (Wildman–Crippen MR) is 67.4 cm³/mol. The predicted octanol–water partition coefficient (Wildman–Crippen LogP) is 3.60. The molecular weight excluding hydrogens is 284 g/mol. The fraction of sp³-hybridized carbons (Fsp3) is 0. The average molecular weight is 291 g/mol. The molecule has 0 atom stereocenters. The highest BCUT2D eigenvalue weighted by atomic mass is 19.2. The zero-order chi connectivity index (χ0) is 15.0. The minimum Gasteiger partial charge on any atom is -0.478 e. The van der Waals surface area contributed by atoms with E-state index in [1.807, 2.05) is 0 Å². The Morgan fingerprint density at radius 3 is 2.67 bits per heavy atom. The number of hydrogen-bond donors (Lipinski definition) is 1. The lowest BCUT2D eigenvalue weighted by Gasteiger charge is -2.00. The highest BCUT2D eigenvalue weighted by Gasteiger charge is 2.12. The summed E-state index contributed by atoms with van der Waals surface area (Å²) in [5.74, 6) is -3.14. The molecule has 3 rings (SSSR count). The number of halogens is 2. The Labute approximate surface area is 116 Å². The molecule has 7 heteroatoms. The summed E-state index contributed by atoms with van der Waals surface area (Å²) in [6, 6.07) is 7.11. The molecule has 0 bridgehead atoms. The van der Waals surface area contributed by atoms with Crippen LogP contribution in [0.15, 0.2) is 40.8 Å². The van der Waals surface area contributed by atoms with E-state index in [1.165, 1.54) is 24.3 Å². The van der Waals surface area contributed by atoms with E-state index < -0.39 is 17.6 Å². The van der Waals surface area contributed by atoms with Gasteiger partial charge in [0.05, 0.1) is 5.56 Å². The molecule has 1 aromatic heterocycles. The van der Waals surface area contributed by atoms with Crippen molar-refractivity contribution in [2.24, 2.45) is 0 Å². The minimum absolute atomic E-state index is 0.0129. The molecular formula is C14H7F2NO4. The molecule has 1 N–H and O–H groups in total. The summed E-state index contributed by atoms with van der Waals surface area (Å²) in [5, 5.41) is 8.87. The lowest BCUT2D eigenvalue weighted by atomic mass is 10.2. The van der Waals surface area contributed by atoms with E-state index in [0.29, 0.717) is 5.52 Å². The molecule has 0 unspecified atom stereocenters. The van der Waals surface area contributed by atoms with Gasteiger partial charge in [0.25, 0.3) is 0 Å². The fourth-order valence-electron chi connectivity index (χ4n) is 1.72. The first-order chi connectivity index (χ1) is 10.0. The van der Waals surface area contributed by atoms with E-state index in [0.717, 1.165) is 12.1 Å². The van der Waals surface area contributed by atoms with E-state index in [-0.39, 0.29) is 23.0 Å². The molecule has 0 radical (unpaired) electrons. The number of rotatable bonds is 3. The number of carboxylic acids is 1. The van der Waals surface area contributed by atoms with Crippen LogP contribution >= 0.6 is 0 Å². The number of benzene rings is 2. The molecule has 106 valence electrons. The molecule has 0 saturated heterocycles. The van der Waals surface area contributed by atoms with Gasteiger partial charge in [-0.05, 0) is 30.3 Å². The Morgan fingerprint density at radius 2 is 1.95 bits per heavy atom. The van der Waals surface area contributed by atoms with Gasteiger partial charge in [0.15, 0.2) is 17.2 Å². The topological polar surface area (TPSA) is 72.6 Å². The molecule has 0 spiro atoms. The summed E-state index contributed by atoms with van der Waals surface area (Å²) < 4.78 is 36.2. The second-order valence-electron chi connectivity index (χ2n) is 4.15. The molecule has 0 amide bonds. The second-order valence-corrected chi connectivity index (χ2v) is 4.15. The van der Waals surface area contributed by atoms with Crippen molar-refractivity contribution in [2.45, 2.75) is 0 Å². The van der Waals surface area contributed by atoms with E-state index in [1.54, 1.807) is 0 Å². The maximum absolute atomic E-state index is 13.1. The largest absolute Gasteiger partial charge is 0.478 e. The fourth-order valence-corrected chi connectivity index (χ4v) is 1.72. The summed E-state index contributed by atoms with van der Waals surface area (Å²) in [6.07, 6.45) is -0.196. The monoisotopic (exact) mass is 291 g/mol. The first kappa shape index (κ1) is 13.0. The van der Waals surface area contributed by atoms with Crippen molar-refractivity contribution in [3.63, 3.8) is 0 Å². The maximum Gasteiger partial charge on any atom is 0.400 e. The number of fused-ring (bicyclic) bond motifs is 1. The molecule has 0 aliphatic heterocycles. The maximum atomic E-state index is 13.1. The quantitative estimate of drug-likeness (QED) is 0.798. The third kappa shape index (κ3) is 2.53. The smallest absolute Gasteiger partial charge is 0.400 e. The van der Waals surface area contributed by atoms with E-state index >= 15 is 0 Å². The Bertz CT molecular complexity index is 844. The van der Waals surface area contributed by atoms with Crippen LogP contribution in [0.3, 0.4) is 0 Å². The van der Waals surface area contributed by atoms with Gasteiger partial charge in [-0.3, -0.25) is 0 Å². The highest BCUT2D eigenvalue weighted by Crippen LogP contribution is 2.27. The van der Waals surface area contributed by atoms with Gasteiger partial charge in [0.1, 0.15) is 11.3 Å². The van der Waals surface area contributed by atoms with Gasteiger partial charge in [-0.1, -0.05) is 0 Å². The van der Waals surface area contributed by atoms with Crippen molar-refractivity contribution in [3.8, 4) is 11.8 Å². The molecule has 0 fully saturated rings. The van der Waals surface area contributed by atoms with Crippen LogP contribution in [0.2, 0.25) is 0 Å². The summed E-state index contributed by atoms with van der Waals surface area (Å²) >= 11 is 0. The zero-order valence-corrected chi connectivity index (χ0v) is 10.3. The Hall–Kier alpha value is -2.96. The van der Waals surface area contributed by atoms with Crippen LogP contribution in [0, 0.1) is 11.6 Å². The number of hydrogen-bond acceptors (Lipinski definition) is 4. The molecule has 2 aromatic carbocycles. The lowest BCUT2D eigenvalue weighted by Crippen LogP contribution is -1.94. The Morgan fingerprint density at radius 1 is 1.14 bits per heavy atom. The molecule has 0 aliphatic rings. The zero-order valence-electron chi connectivity index (χ0n) is 10.3. The second kappa shape index (κ2) is 4.86. The number of nitrogens with zero attached hydrogens (tertiary/aromatic N) is 1. The van der Waals surface area contributed by atoms with Gasteiger partial charge >= 0.3 is 12.0 Å².